The Labute approximate surface area is 149 Å². The Morgan fingerprint density at radius 3 is 2.56 bits per heavy atom. The van der Waals surface area contributed by atoms with E-state index in [1.54, 1.807) is 25.3 Å². The van der Waals surface area contributed by atoms with Crippen LogP contribution < -0.4 is 4.74 Å². The molecule has 5 nitrogen and oxygen atoms in total. The van der Waals surface area contributed by atoms with Crippen LogP contribution >= 0.6 is 0 Å². The number of hydrogen-bond donors (Lipinski definition) is 0. The summed E-state index contributed by atoms with van der Waals surface area (Å²) in [6.07, 6.45) is -0.280. The molecule has 0 amide bonds. The Kier molecular flexibility index (Phi) is 5.13. The smallest absolute Gasteiger partial charge is 0.243 e. The zero-order valence-electron chi connectivity index (χ0n) is 14.7. The van der Waals surface area contributed by atoms with Gasteiger partial charge >= 0.3 is 0 Å². The molecule has 1 saturated heterocycles. The van der Waals surface area contributed by atoms with Crippen molar-refractivity contribution in [1.82, 2.24) is 4.31 Å². The van der Waals surface area contributed by atoms with Crippen molar-refractivity contribution in [2.45, 2.75) is 30.9 Å². The lowest BCUT2D eigenvalue weighted by Gasteiger charge is -2.38. The number of sulfonamides is 1. The average molecular weight is 361 g/mol. The summed E-state index contributed by atoms with van der Waals surface area (Å²) in [5, 5.41) is 0. The first-order chi connectivity index (χ1) is 11.9. The third-order valence-corrected chi connectivity index (χ3v) is 6.60. The second-order valence-corrected chi connectivity index (χ2v) is 8.08. The number of ether oxygens (including phenoxy) is 2. The average Bonchev–Trinajstić information content (AvgIpc) is 2.62. The van der Waals surface area contributed by atoms with Gasteiger partial charge in [-0.25, -0.2) is 8.42 Å². The van der Waals surface area contributed by atoms with Crippen LogP contribution in [0.1, 0.15) is 24.2 Å². The quantitative estimate of drug-likeness (QED) is 0.839. The predicted molar refractivity (Wildman–Crippen MR) is 96.2 cm³/mol. The third-order valence-electron chi connectivity index (χ3n) is 4.62. The molecule has 6 heteroatoms. The summed E-state index contributed by atoms with van der Waals surface area (Å²) in [5.74, 6) is 0.571. The van der Waals surface area contributed by atoms with Crippen LogP contribution in [0.25, 0.3) is 0 Å². The highest BCUT2D eigenvalue weighted by molar-refractivity contribution is 7.89. The Balaban J connectivity index is 1.94. The number of benzene rings is 2. The van der Waals surface area contributed by atoms with Crippen LogP contribution in [-0.4, -0.2) is 39.0 Å². The molecule has 1 heterocycles. The van der Waals surface area contributed by atoms with Crippen LogP contribution in [0, 0.1) is 6.92 Å². The first kappa shape index (κ1) is 17.9. The molecule has 1 fully saturated rings. The molecule has 2 atom stereocenters. The van der Waals surface area contributed by atoms with E-state index >= 15 is 0 Å². The zero-order valence-corrected chi connectivity index (χ0v) is 15.5. The summed E-state index contributed by atoms with van der Waals surface area (Å²) in [6, 6.07) is 14.4. The fourth-order valence-corrected chi connectivity index (χ4v) is 4.85. The van der Waals surface area contributed by atoms with Crippen LogP contribution in [0.15, 0.2) is 53.4 Å². The van der Waals surface area contributed by atoms with E-state index < -0.39 is 10.0 Å². The Morgan fingerprint density at radius 2 is 1.88 bits per heavy atom. The molecule has 0 saturated carbocycles. The van der Waals surface area contributed by atoms with E-state index in [1.165, 1.54) is 4.31 Å². The standard InChI is InChI=1S/C19H23NO4S/c1-14-9-10-17(13-18(14)23-3)25(21,22)20-11-12-24-19(15(20)2)16-7-5-4-6-8-16/h4-10,13,15,19H,11-12H2,1-3H3/t15-,19-/m0/s1. The van der Waals surface area contributed by atoms with Crippen molar-refractivity contribution in [3.63, 3.8) is 0 Å². The molecular formula is C19H23NO4S. The van der Waals surface area contributed by atoms with Crippen molar-refractivity contribution in [3.05, 3.63) is 59.7 Å². The fourth-order valence-electron chi connectivity index (χ4n) is 3.22. The van der Waals surface area contributed by atoms with E-state index in [4.69, 9.17) is 9.47 Å². The molecule has 0 bridgehead atoms. The summed E-state index contributed by atoms with van der Waals surface area (Å²) < 4.78 is 39.0. The lowest BCUT2D eigenvalue weighted by Crippen LogP contribution is -2.48. The van der Waals surface area contributed by atoms with E-state index in [2.05, 4.69) is 0 Å². The second kappa shape index (κ2) is 7.15. The van der Waals surface area contributed by atoms with E-state index in [0.29, 0.717) is 18.9 Å². The molecule has 0 aliphatic carbocycles. The minimum atomic E-state index is -3.63. The van der Waals surface area contributed by atoms with Crippen molar-refractivity contribution >= 4 is 10.0 Å². The van der Waals surface area contributed by atoms with Crippen molar-refractivity contribution in [1.29, 1.82) is 0 Å². The highest BCUT2D eigenvalue weighted by Crippen LogP contribution is 2.33. The predicted octanol–water partition coefficient (Wildman–Crippen LogP) is 3.15. The van der Waals surface area contributed by atoms with Crippen molar-refractivity contribution in [2.24, 2.45) is 0 Å². The largest absolute Gasteiger partial charge is 0.496 e. The summed E-state index contributed by atoms with van der Waals surface area (Å²) in [5.41, 5.74) is 1.88. The topological polar surface area (TPSA) is 55.8 Å². The summed E-state index contributed by atoms with van der Waals surface area (Å²) in [4.78, 5) is 0.246. The monoisotopic (exact) mass is 361 g/mol. The van der Waals surface area contributed by atoms with Gasteiger partial charge in [0.1, 0.15) is 5.75 Å². The minimum absolute atomic E-state index is 0.246. The maximum Gasteiger partial charge on any atom is 0.243 e. The van der Waals surface area contributed by atoms with Gasteiger partial charge in [-0.05, 0) is 31.0 Å². The molecule has 134 valence electrons. The molecule has 0 unspecified atom stereocenters. The Hall–Kier alpha value is -1.89. The number of methoxy groups -OCH3 is 1. The zero-order chi connectivity index (χ0) is 18.0. The Bertz CT molecular complexity index is 836. The minimum Gasteiger partial charge on any atom is -0.496 e. The molecule has 0 radical (unpaired) electrons. The number of aryl methyl sites for hydroxylation is 1. The number of rotatable bonds is 4. The van der Waals surface area contributed by atoms with Gasteiger partial charge in [0.15, 0.2) is 0 Å². The molecule has 3 rings (SSSR count). The summed E-state index contributed by atoms with van der Waals surface area (Å²) >= 11 is 0. The maximum atomic E-state index is 13.2. The van der Waals surface area contributed by atoms with Gasteiger partial charge < -0.3 is 9.47 Å². The lowest BCUT2D eigenvalue weighted by atomic mass is 10.0. The Morgan fingerprint density at radius 1 is 1.16 bits per heavy atom. The van der Waals surface area contributed by atoms with E-state index in [9.17, 15) is 8.42 Å². The highest BCUT2D eigenvalue weighted by atomic mass is 32.2. The van der Waals surface area contributed by atoms with E-state index in [-0.39, 0.29) is 17.0 Å². The number of nitrogens with zero attached hydrogens (tertiary/aromatic N) is 1. The van der Waals surface area contributed by atoms with Crippen molar-refractivity contribution < 1.29 is 17.9 Å². The molecule has 1 aliphatic heterocycles. The number of hydrogen-bond acceptors (Lipinski definition) is 4. The van der Waals surface area contributed by atoms with E-state index in [1.807, 2.05) is 44.2 Å². The molecule has 25 heavy (non-hydrogen) atoms. The van der Waals surface area contributed by atoms with Gasteiger partial charge in [0, 0.05) is 12.6 Å². The highest BCUT2D eigenvalue weighted by Gasteiger charge is 2.38. The van der Waals surface area contributed by atoms with Crippen LogP contribution in [0.2, 0.25) is 0 Å². The van der Waals surface area contributed by atoms with Crippen LogP contribution in [-0.2, 0) is 14.8 Å². The SMILES string of the molecule is COc1cc(S(=O)(=O)N2CCO[C@H](c3ccccc3)[C@@H]2C)ccc1C. The maximum absolute atomic E-state index is 13.2. The van der Waals surface area contributed by atoms with Gasteiger partial charge in [-0.15, -0.1) is 0 Å². The summed E-state index contributed by atoms with van der Waals surface area (Å²) in [7, 11) is -2.08. The first-order valence-corrected chi connectivity index (χ1v) is 9.72. The van der Waals surface area contributed by atoms with Gasteiger partial charge in [-0.3, -0.25) is 0 Å². The van der Waals surface area contributed by atoms with E-state index in [0.717, 1.165) is 11.1 Å². The van der Waals surface area contributed by atoms with Crippen LogP contribution in [0.5, 0.6) is 5.75 Å². The summed E-state index contributed by atoms with van der Waals surface area (Å²) in [6.45, 7) is 4.48. The van der Waals surface area contributed by atoms with Crippen molar-refractivity contribution in [2.75, 3.05) is 20.3 Å². The molecular weight excluding hydrogens is 338 g/mol. The lowest BCUT2D eigenvalue weighted by molar-refractivity contribution is -0.0361. The molecule has 1 aliphatic rings. The number of morpholine rings is 1. The van der Waals surface area contributed by atoms with Crippen LogP contribution in [0.3, 0.4) is 0 Å². The van der Waals surface area contributed by atoms with Gasteiger partial charge in [0.05, 0.1) is 30.8 Å². The molecule has 0 N–H and O–H groups in total. The second-order valence-electron chi connectivity index (χ2n) is 6.19. The molecule has 2 aromatic rings. The molecule has 0 spiro atoms. The van der Waals surface area contributed by atoms with Gasteiger partial charge in [-0.2, -0.15) is 4.31 Å². The van der Waals surface area contributed by atoms with Crippen LogP contribution in [0.4, 0.5) is 0 Å². The van der Waals surface area contributed by atoms with Gasteiger partial charge in [0.25, 0.3) is 0 Å². The fraction of sp³-hybridized carbons (Fsp3) is 0.368. The van der Waals surface area contributed by atoms with Gasteiger partial charge in [-0.1, -0.05) is 36.4 Å². The van der Waals surface area contributed by atoms with Crippen molar-refractivity contribution in [3.8, 4) is 5.75 Å². The van der Waals surface area contributed by atoms with Gasteiger partial charge in [0.2, 0.25) is 10.0 Å². The molecule has 2 aromatic carbocycles. The normalized spacial score (nSPS) is 21.9. The third kappa shape index (κ3) is 3.42. The molecule has 0 aromatic heterocycles. The first-order valence-electron chi connectivity index (χ1n) is 8.28.